The standard InChI is InChI=1S/C12H11Cl2N3O2S/c1-7-3-2-4-11(16-7)17-20(18,19)12-9(13)5-8(15)6-10(12)14/h2-6H,15H2,1H3,(H,16,17). The van der Waals surface area contributed by atoms with Crippen LogP contribution in [0.1, 0.15) is 5.69 Å². The van der Waals surface area contributed by atoms with E-state index in [4.69, 9.17) is 28.9 Å². The Bertz CT molecular complexity index is 740. The first-order chi connectivity index (χ1) is 9.29. The van der Waals surface area contributed by atoms with Crippen LogP contribution >= 0.6 is 23.2 Å². The third-order valence-corrected chi connectivity index (χ3v) is 4.69. The molecule has 0 aliphatic rings. The van der Waals surface area contributed by atoms with Crippen LogP contribution in [0.5, 0.6) is 0 Å². The van der Waals surface area contributed by atoms with E-state index in [0.29, 0.717) is 5.69 Å². The SMILES string of the molecule is Cc1cccc(NS(=O)(=O)c2c(Cl)cc(N)cc2Cl)n1. The van der Waals surface area contributed by atoms with Crippen LogP contribution in [-0.2, 0) is 10.0 Å². The molecule has 20 heavy (non-hydrogen) atoms. The largest absolute Gasteiger partial charge is 0.399 e. The average Bonchev–Trinajstić information content (AvgIpc) is 2.25. The average molecular weight is 332 g/mol. The van der Waals surface area contributed by atoms with Crippen LogP contribution in [0.15, 0.2) is 35.2 Å². The summed E-state index contributed by atoms with van der Waals surface area (Å²) in [5, 5.41) is -0.0923. The Morgan fingerprint density at radius 2 is 1.80 bits per heavy atom. The number of aryl methyl sites for hydroxylation is 1. The van der Waals surface area contributed by atoms with Crippen molar-refractivity contribution >= 4 is 44.7 Å². The van der Waals surface area contributed by atoms with Crippen molar-refractivity contribution in [2.45, 2.75) is 11.8 Å². The topological polar surface area (TPSA) is 85.1 Å². The number of hydrogen-bond donors (Lipinski definition) is 2. The minimum Gasteiger partial charge on any atom is -0.399 e. The van der Waals surface area contributed by atoms with Crippen molar-refractivity contribution < 1.29 is 8.42 Å². The fourth-order valence-corrected chi connectivity index (χ4v) is 3.86. The Morgan fingerprint density at radius 3 is 2.35 bits per heavy atom. The zero-order valence-corrected chi connectivity index (χ0v) is 12.7. The lowest BCUT2D eigenvalue weighted by Gasteiger charge is -2.11. The van der Waals surface area contributed by atoms with Crippen molar-refractivity contribution in [3.8, 4) is 0 Å². The molecule has 0 amide bonds. The molecule has 3 N–H and O–H groups in total. The molecule has 0 bridgehead atoms. The fourth-order valence-electron chi connectivity index (χ4n) is 1.62. The Labute approximate surface area is 126 Å². The van der Waals surface area contributed by atoms with Crippen LogP contribution in [0.3, 0.4) is 0 Å². The summed E-state index contributed by atoms with van der Waals surface area (Å²) in [5.41, 5.74) is 6.51. The van der Waals surface area contributed by atoms with Crippen LogP contribution in [0.4, 0.5) is 11.5 Å². The van der Waals surface area contributed by atoms with E-state index in [9.17, 15) is 8.42 Å². The first-order valence-electron chi connectivity index (χ1n) is 5.50. The van der Waals surface area contributed by atoms with E-state index in [2.05, 4.69) is 9.71 Å². The van der Waals surface area contributed by atoms with Gasteiger partial charge >= 0.3 is 0 Å². The number of aromatic nitrogens is 1. The van der Waals surface area contributed by atoms with Crippen molar-refractivity contribution in [2.75, 3.05) is 10.5 Å². The molecule has 0 fully saturated rings. The molecule has 0 aliphatic carbocycles. The quantitative estimate of drug-likeness (QED) is 0.846. The van der Waals surface area contributed by atoms with Gasteiger partial charge in [0.15, 0.2) is 0 Å². The molecule has 0 spiro atoms. The number of nitrogens with one attached hydrogen (secondary N) is 1. The number of halogens is 2. The monoisotopic (exact) mass is 331 g/mol. The second-order valence-electron chi connectivity index (χ2n) is 4.08. The van der Waals surface area contributed by atoms with E-state index < -0.39 is 10.0 Å². The lowest BCUT2D eigenvalue weighted by molar-refractivity contribution is 0.601. The molecule has 0 atom stereocenters. The number of nitrogens with zero attached hydrogens (tertiary/aromatic N) is 1. The third-order valence-electron chi connectivity index (χ3n) is 2.42. The predicted molar refractivity (Wildman–Crippen MR) is 80.7 cm³/mol. The van der Waals surface area contributed by atoms with Gasteiger partial charge in [0.25, 0.3) is 10.0 Å². The minimum atomic E-state index is -3.94. The molecule has 2 aromatic rings. The van der Waals surface area contributed by atoms with Gasteiger partial charge in [-0.05, 0) is 31.2 Å². The van der Waals surface area contributed by atoms with Crippen molar-refractivity contribution in [2.24, 2.45) is 0 Å². The summed E-state index contributed by atoms with van der Waals surface area (Å²) in [6, 6.07) is 7.62. The highest BCUT2D eigenvalue weighted by Gasteiger charge is 2.22. The molecule has 0 aliphatic heterocycles. The Kier molecular flexibility index (Phi) is 4.08. The fraction of sp³-hybridized carbons (Fsp3) is 0.0833. The normalized spacial score (nSPS) is 11.3. The molecule has 1 heterocycles. The molecule has 1 aromatic carbocycles. The van der Waals surface area contributed by atoms with E-state index in [1.165, 1.54) is 18.2 Å². The Balaban J connectivity index is 2.46. The van der Waals surface area contributed by atoms with E-state index in [0.717, 1.165) is 0 Å². The molecule has 0 saturated heterocycles. The van der Waals surface area contributed by atoms with Crippen LogP contribution in [0.25, 0.3) is 0 Å². The summed E-state index contributed by atoms with van der Waals surface area (Å²) in [5.74, 6) is 0.189. The molecule has 0 saturated carbocycles. The highest BCUT2D eigenvalue weighted by molar-refractivity contribution is 7.93. The van der Waals surface area contributed by atoms with Crippen LogP contribution in [-0.4, -0.2) is 13.4 Å². The summed E-state index contributed by atoms with van der Waals surface area (Å²) in [6.45, 7) is 1.75. The van der Waals surface area contributed by atoms with Crippen LogP contribution in [0, 0.1) is 6.92 Å². The highest BCUT2D eigenvalue weighted by atomic mass is 35.5. The first-order valence-corrected chi connectivity index (χ1v) is 7.74. The molecule has 1 aromatic heterocycles. The number of benzene rings is 1. The number of pyridine rings is 1. The number of nitrogen functional groups attached to an aromatic ring is 1. The summed E-state index contributed by atoms with van der Waals surface area (Å²) < 4.78 is 26.9. The van der Waals surface area contributed by atoms with Gasteiger partial charge in [0, 0.05) is 11.4 Å². The summed E-state index contributed by atoms with van der Waals surface area (Å²) >= 11 is 11.8. The van der Waals surface area contributed by atoms with Crippen LogP contribution < -0.4 is 10.5 Å². The van der Waals surface area contributed by atoms with Gasteiger partial charge in [-0.2, -0.15) is 0 Å². The molecular weight excluding hydrogens is 321 g/mol. The van der Waals surface area contributed by atoms with Crippen LogP contribution in [0.2, 0.25) is 10.0 Å². The molecule has 5 nitrogen and oxygen atoms in total. The lowest BCUT2D eigenvalue weighted by Crippen LogP contribution is -2.15. The molecule has 106 valence electrons. The van der Waals surface area contributed by atoms with Gasteiger partial charge in [0.2, 0.25) is 0 Å². The molecule has 2 rings (SSSR count). The van der Waals surface area contributed by atoms with E-state index in [-0.39, 0.29) is 26.4 Å². The van der Waals surface area contributed by atoms with Gasteiger partial charge in [0.1, 0.15) is 10.7 Å². The number of sulfonamides is 1. The van der Waals surface area contributed by atoms with Crippen molar-refractivity contribution in [1.29, 1.82) is 0 Å². The second-order valence-corrected chi connectivity index (χ2v) is 6.52. The first kappa shape index (κ1) is 14.9. The van der Waals surface area contributed by atoms with E-state index >= 15 is 0 Å². The van der Waals surface area contributed by atoms with Crippen molar-refractivity contribution in [1.82, 2.24) is 4.98 Å². The molecular formula is C12H11Cl2N3O2S. The van der Waals surface area contributed by atoms with Crippen molar-refractivity contribution in [3.05, 3.63) is 46.1 Å². The predicted octanol–water partition coefficient (Wildman–Crippen LogP) is 3.08. The number of anilines is 2. The van der Waals surface area contributed by atoms with Gasteiger partial charge in [-0.1, -0.05) is 29.3 Å². The maximum absolute atomic E-state index is 12.3. The highest BCUT2D eigenvalue weighted by Crippen LogP contribution is 2.32. The summed E-state index contributed by atoms with van der Waals surface area (Å²) in [4.78, 5) is 3.84. The van der Waals surface area contributed by atoms with Gasteiger partial charge in [-0.15, -0.1) is 0 Å². The lowest BCUT2D eigenvalue weighted by atomic mass is 10.3. The maximum Gasteiger partial charge on any atom is 0.266 e. The maximum atomic E-state index is 12.3. The molecule has 8 heteroatoms. The minimum absolute atomic E-state index is 0.0462. The molecule has 0 unspecified atom stereocenters. The van der Waals surface area contributed by atoms with E-state index in [1.54, 1.807) is 19.1 Å². The smallest absolute Gasteiger partial charge is 0.266 e. The summed E-state index contributed by atoms with van der Waals surface area (Å²) in [6.07, 6.45) is 0. The Hall–Kier alpha value is -1.50. The van der Waals surface area contributed by atoms with Gasteiger partial charge in [-0.3, -0.25) is 4.72 Å². The zero-order chi connectivity index (χ0) is 14.9. The van der Waals surface area contributed by atoms with Crippen molar-refractivity contribution in [3.63, 3.8) is 0 Å². The zero-order valence-electron chi connectivity index (χ0n) is 10.4. The van der Waals surface area contributed by atoms with E-state index in [1.807, 2.05) is 0 Å². The Morgan fingerprint density at radius 1 is 1.20 bits per heavy atom. The number of rotatable bonds is 3. The van der Waals surface area contributed by atoms with Gasteiger partial charge in [-0.25, -0.2) is 13.4 Å². The summed E-state index contributed by atoms with van der Waals surface area (Å²) in [7, 11) is -3.94. The van der Waals surface area contributed by atoms with Gasteiger partial charge in [0.05, 0.1) is 10.0 Å². The second kappa shape index (κ2) is 5.47. The third kappa shape index (κ3) is 3.15. The number of nitrogens with two attached hydrogens (primary N) is 1. The molecule has 0 radical (unpaired) electrons. The number of hydrogen-bond acceptors (Lipinski definition) is 4. The van der Waals surface area contributed by atoms with Gasteiger partial charge < -0.3 is 5.73 Å².